The number of carbonyl (C=O) groups is 2. The minimum absolute atomic E-state index is 0.0567. The van der Waals surface area contributed by atoms with Gasteiger partial charge in [-0.05, 0) is 71.3 Å². The highest BCUT2D eigenvalue weighted by Crippen LogP contribution is 2.22. The van der Waals surface area contributed by atoms with Gasteiger partial charge in [0.25, 0.3) is 11.8 Å². The van der Waals surface area contributed by atoms with Crippen LogP contribution in [0.2, 0.25) is 0 Å². The van der Waals surface area contributed by atoms with Gasteiger partial charge in [0.2, 0.25) is 0 Å². The molecule has 0 fully saturated rings. The molecular formula is C29H34N2O2. The summed E-state index contributed by atoms with van der Waals surface area (Å²) in [7, 11) is 0. The second-order valence-electron chi connectivity index (χ2n) is 9.46. The Bertz CT molecular complexity index is 1060. The Morgan fingerprint density at radius 1 is 0.727 bits per heavy atom. The molecule has 0 heterocycles. The molecule has 0 bridgehead atoms. The molecule has 0 aliphatic carbocycles. The SMILES string of the molecule is CCCCc1ccc(NC(=O)c2ccc(CNC(=O)c3ccc(C(C)(C)C)cc3)cc2)cc1. The normalized spacial score (nSPS) is 11.2. The van der Waals surface area contributed by atoms with Crippen molar-refractivity contribution in [3.8, 4) is 0 Å². The number of hydrogen-bond acceptors (Lipinski definition) is 2. The van der Waals surface area contributed by atoms with E-state index < -0.39 is 0 Å². The Balaban J connectivity index is 1.52. The number of aryl methyl sites for hydroxylation is 1. The van der Waals surface area contributed by atoms with Crippen molar-refractivity contribution in [3.63, 3.8) is 0 Å². The van der Waals surface area contributed by atoms with Crippen LogP contribution in [0.25, 0.3) is 0 Å². The number of benzene rings is 3. The van der Waals surface area contributed by atoms with E-state index in [-0.39, 0.29) is 17.2 Å². The standard InChI is InChI=1S/C29H34N2O2/c1-5-6-7-21-10-18-26(19-11-21)31-28(33)24-12-8-22(9-13-24)20-30-27(32)23-14-16-25(17-15-23)29(2,3)4/h8-19H,5-7,20H2,1-4H3,(H,30,32)(H,31,33). The van der Waals surface area contributed by atoms with Gasteiger partial charge in [-0.25, -0.2) is 0 Å². The fourth-order valence-electron chi connectivity index (χ4n) is 3.52. The van der Waals surface area contributed by atoms with Gasteiger partial charge in [0.15, 0.2) is 0 Å². The molecule has 2 N–H and O–H groups in total. The number of amides is 2. The molecule has 0 aromatic heterocycles. The van der Waals surface area contributed by atoms with Gasteiger partial charge >= 0.3 is 0 Å². The van der Waals surface area contributed by atoms with E-state index in [0.29, 0.717) is 17.7 Å². The van der Waals surface area contributed by atoms with Crippen LogP contribution < -0.4 is 10.6 Å². The Kier molecular flexibility index (Phi) is 8.05. The summed E-state index contributed by atoms with van der Waals surface area (Å²) in [5.74, 6) is -0.259. The van der Waals surface area contributed by atoms with Crippen molar-refractivity contribution in [1.29, 1.82) is 0 Å². The number of unbranched alkanes of at least 4 members (excludes halogenated alkanes) is 1. The lowest BCUT2D eigenvalue weighted by Gasteiger charge is -2.19. The van der Waals surface area contributed by atoms with Crippen molar-refractivity contribution in [3.05, 3.63) is 101 Å². The first kappa shape index (κ1) is 24.2. The molecule has 4 nitrogen and oxygen atoms in total. The van der Waals surface area contributed by atoms with Crippen molar-refractivity contribution < 1.29 is 9.59 Å². The summed E-state index contributed by atoms with van der Waals surface area (Å²) in [6.45, 7) is 9.03. The number of anilines is 1. The Labute approximate surface area is 197 Å². The highest BCUT2D eigenvalue weighted by Gasteiger charge is 2.14. The van der Waals surface area contributed by atoms with E-state index in [9.17, 15) is 9.59 Å². The summed E-state index contributed by atoms with van der Waals surface area (Å²) < 4.78 is 0. The monoisotopic (exact) mass is 442 g/mol. The lowest BCUT2D eigenvalue weighted by molar-refractivity contribution is 0.0949. The summed E-state index contributed by atoms with van der Waals surface area (Å²) in [5, 5.41) is 5.88. The number of rotatable bonds is 8. The highest BCUT2D eigenvalue weighted by molar-refractivity contribution is 6.04. The van der Waals surface area contributed by atoms with Crippen LogP contribution in [-0.2, 0) is 18.4 Å². The van der Waals surface area contributed by atoms with Crippen LogP contribution in [0.15, 0.2) is 72.8 Å². The first-order valence-electron chi connectivity index (χ1n) is 11.6. The fraction of sp³-hybridized carbons (Fsp3) is 0.310. The van der Waals surface area contributed by atoms with Crippen LogP contribution in [0.5, 0.6) is 0 Å². The summed E-state index contributed by atoms with van der Waals surface area (Å²) in [6.07, 6.45) is 3.40. The molecule has 0 radical (unpaired) electrons. The van der Waals surface area contributed by atoms with E-state index in [4.69, 9.17) is 0 Å². The molecular weight excluding hydrogens is 408 g/mol. The predicted molar refractivity (Wildman–Crippen MR) is 136 cm³/mol. The summed E-state index contributed by atoms with van der Waals surface area (Å²) in [6, 6.07) is 23.0. The average molecular weight is 443 g/mol. The number of carbonyl (C=O) groups excluding carboxylic acids is 2. The largest absolute Gasteiger partial charge is 0.348 e. The van der Waals surface area contributed by atoms with Crippen LogP contribution in [0.1, 0.15) is 77.9 Å². The van der Waals surface area contributed by atoms with Crippen LogP contribution in [0.3, 0.4) is 0 Å². The van der Waals surface area contributed by atoms with E-state index >= 15 is 0 Å². The summed E-state index contributed by atoms with van der Waals surface area (Å²) in [4.78, 5) is 25.0. The molecule has 0 spiro atoms. The molecule has 2 amide bonds. The van der Waals surface area contributed by atoms with Gasteiger partial charge in [0.05, 0.1) is 0 Å². The van der Waals surface area contributed by atoms with Gasteiger partial charge in [-0.1, -0.05) is 70.5 Å². The van der Waals surface area contributed by atoms with Crippen molar-refractivity contribution in [1.82, 2.24) is 5.32 Å². The third kappa shape index (κ3) is 7.04. The Hall–Kier alpha value is -3.40. The van der Waals surface area contributed by atoms with E-state index in [1.54, 1.807) is 12.1 Å². The van der Waals surface area contributed by atoms with Gasteiger partial charge in [-0.15, -0.1) is 0 Å². The summed E-state index contributed by atoms with van der Waals surface area (Å²) in [5.41, 5.74) is 5.48. The van der Waals surface area contributed by atoms with Gasteiger partial charge < -0.3 is 10.6 Å². The van der Waals surface area contributed by atoms with Crippen LogP contribution in [0, 0.1) is 0 Å². The maximum atomic E-state index is 12.6. The minimum Gasteiger partial charge on any atom is -0.348 e. The lowest BCUT2D eigenvalue weighted by atomic mass is 9.87. The van der Waals surface area contributed by atoms with Crippen LogP contribution in [0.4, 0.5) is 5.69 Å². The second kappa shape index (κ2) is 11.0. The van der Waals surface area contributed by atoms with Crippen molar-refractivity contribution >= 4 is 17.5 Å². The van der Waals surface area contributed by atoms with E-state index in [0.717, 1.165) is 17.7 Å². The molecule has 0 aliphatic rings. The van der Waals surface area contributed by atoms with E-state index in [2.05, 4.69) is 50.5 Å². The average Bonchev–Trinajstić information content (AvgIpc) is 2.82. The van der Waals surface area contributed by atoms with Gasteiger partial charge in [-0.2, -0.15) is 0 Å². The van der Waals surface area contributed by atoms with Crippen molar-refractivity contribution in [2.75, 3.05) is 5.32 Å². The topological polar surface area (TPSA) is 58.2 Å². The molecule has 3 rings (SSSR count). The third-order valence-electron chi connectivity index (χ3n) is 5.71. The molecule has 172 valence electrons. The van der Waals surface area contributed by atoms with Crippen LogP contribution >= 0.6 is 0 Å². The van der Waals surface area contributed by atoms with Gasteiger partial charge in [0.1, 0.15) is 0 Å². The smallest absolute Gasteiger partial charge is 0.255 e. The minimum atomic E-state index is -0.147. The highest BCUT2D eigenvalue weighted by atomic mass is 16.2. The van der Waals surface area contributed by atoms with Crippen molar-refractivity contribution in [2.24, 2.45) is 0 Å². The zero-order valence-corrected chi connectivity index (χ0v) is 20.1. The van der Waals surface area contributed by atoms with E-state index in [1.807, 2.05) is 48.5 Å². The molecule has 0 saturated heterocycles. The zero-order chi connectivity index (χ0) is 23.8. The molecule has 33 heavy (non-hydrogen) atoms. The number of hydrogen-bond donors (Lipinski definition) is 2. The Morgan fingerprint density at radius 3 is 1.85 bits per heavy atom. The maximum absolute atomic E-state index is 12.6. The first-order chi connectivity index (χ1) is 15.8. The molecule has 3 aromatic carbocycles. The molecule has 0 saturated carbocycles. The molecule has 3 aromatic rings. The molecule has 4 heteroatoms. The maximum Gasteiger partial charge on any atom is 0.255 e. The summed E-state index contributed by atoms with van der Waals surface area (Å²) >= 11 is 0. The van der Waals surface area contributed by atoms with Gasteiger partial charge in [0, 0.05) is 23.4 Å². The fourth-order valence-corrected chi connectivity index (χ4v) is 3.52. The predicted octanol–water partition coefficient (Wildman–Crippen LogP) is 6.51. The first-order valence-corrected chi connectivity index (χ1v) is 11.6. The zero-order valence-electron chi connectivity index (χ0n) is 20.1. The quantitative estimate of drug-likeness (QED) is 0.418. The van der Waals surface area contributed by atoms with E-state index in [1.165, 1.54) is 24.0 Å². The second-order valence-corrected chi connectivity index (χ2v) is 9.46. The molecule has 0 atom stereocenters. The molecule has 0 aliphatic heterocycles. The van der Waals surface area contributed by atoms with Crippen LogP contribution in [-0.4, -0.2) is 11.8 Å². The Morgan fingerprint density at radius 2 is 1.27 bits per heavy atom. The van der Waals surface area contributed by atoms with Crippen molar-refractivity contribution in [2.45, 2.75) is 58.9 Å². The lowest BCUT2D eigenvalue weighted by Crippen LogP contribution is -2.23. The third-order valence-corrected chi connectivity index (χ3v) is 5.71. The van der Waals surface area contributed by atoms with Gasteiger partial charge in [-0.3, -0.25) is 9.59 Å². The number of nitrogens with one attached hydrogen (secondary N) is 2. The molecule has 0 unspecified atom stereocenters.